The lowest BCUT2D eigenvalue weighted by Gasteiger charge is -2.29. The third-order valence-electron chi connectivity index (χ3n) is 4.33. The highest BCUT2D eigenvalue weighted by atomic mass is 16.2. The zero-order chi connectivity index (χ0) is 13.3. The average molecular weight is 251 g/mol. The van der Waals surface area contributed by atoms with E-state index in [0.29, 0.717) is 18.9 Å². The van der Waals surface area contributed by atoms with Crippen LogP contribution >= 0.6 is 0 Å². The molecule has 1 saturated heterocycles. The molecule has 2 aliphatic rings. The van der Waals surface area contributed by atoms with Crippen molar-refractivity contribution in [3.05, 3.63) is 0 Å². The van der Waals surface area contributed by atoms with Gasteiger partial charge < -0.3 is 0 Å². The van der Waals surface area contributed by atoms with E-state index in [1.54, 1.807) is 6.92 Å². The van der Waals surface area contributed by atoms with Gasteiger partial charge in [-0.15, -0.1) is 0 Å². The molecule has 0 radical (unpaired) electrons. The molecule has 0 bridgehead atoms. The Bertz CT molecular complexity index is 369. The lowest BCUT2D eigenvalue weighted by atomic mass is 9.80. The van der Waals surface area contributed by atoms with Gasteiger partial charge in [0, 0.05) is 24.8 Å². The normalized spacial score (nSPS) is 33.0. The SMILES string of the molecule is CC(=O)[C@H]1CC[C@H](CN2C(=O)C[C@@H](C)C2=O)CC1. The van der Waals surface area contributed by atoms with Crippen LogP contribution in [0.4, 0.5) is 0 Å². The minimum Gasteiger partial charge on any atom is -0.300 e. The summed E-state index contributed by atoms with van der Waals surface area (Å²) < 4.78 is 0. The maximum Gasteiger partial charge on any atom is 0.232 e. The smallest absolute Gasteiger partial charge is 0.232 e. The predicted octanol–water partition coefficient (Wildman–Crippen LogP) is 1.78. The standard InChI is InChI=1S/C14H21NO3/c1-9-7-13(17)15(14(9)18)8-11-3-5-12(6-4-11)10(2)16/h9,11-12H,3-8H2,1-2H3/t9-,11-,12-/m1/s1. The Balaban J connectivity index is 1.87. The van der Waals surface area contributed by atoms with Crippen molar-refractivity contribution < 1.29 is 14.4 Å². The van der Waals surface area contributed by atoms with Crippen molar-refractivity contribution >= 4 is 17.6 Å². The molecular formula is C14H21NO3. The Hall–Kier alpha value is -1.19. The Morgan fingerprint density at radius 3 is 2.28 bits per heavy atom. The van der Waals surface area contributed by atoms with E-state index in [0.717, 1.165) is 25.7 Å². The average Bonchev–Trinajstić information content (AvgIpc) is 2.57. The molecule has 4 nitrogen and oxygen atoms in total. The van der Waals surface area contributed by atoms with Crippen LogP contribution in [0.1, 0.15) is 46.0 Å². The van der Waals surface area contributed by atoms with Crippen LogP contribution < -0.4 is 0 Å². The van der Waals surface area contributed by atoms with E-state index in [2.05, 4.69) is 0 Å². The quantitative estimate of drug-likeness (QED) is 0.718. The first-order valence-electron chi connectivity index (χ1n) is 6.83. The first kappa shape index (κ1) is 13.2. The summed E-state index contributed by atoms with van der Waals surface area (Å²) in [6.07, 6.45) is 4.09. The highest BCUT2D eigenvalue weighted by Gasteiger charge is 2.37. The number of hydrogen-bond acceptors (Lipinski definition) is 3. The summed E-state index contributed by atoms with van der Waals surface area (Å²) in [5.74, 6) is 0.667. The maximum atomic E-state index is 11.8. The molecule has 1 atom stereocenters. The molecular weight excluding hydrogens is 230 g/mol. The second-order valence-electron chi connectivity index (χ2n) is 5.78. The van der Waals surface area contributed by atoms with Gasteiger partial charge in [-0.1, -0.05) is 6.92 Å². The number of carbonyl (C=O) groups is 3. The number of amides is 2. The van der Waals surface area contributed by atoms with Gasteiger partial charge in [0.25, 0.3) is 0 Å². The number of rotatable bonds is 3. The van der Waals surface area contributed by atoms with Crippen LogP contribution in [0.25, 0.3) is 0 Å². The molecule has 0 N–H and O–H groups in total. The highest BCUT2D eigenvalue weighted by Crippen LogP contribution is 2.31. The van der Waals surface area contributed by atoms with Crippen molar-refractivity contribution in [1.82, 2.24) is 4.90 Å². The molecule has 1 saturated carbocycles. The van der Waals surface area contributed by atoms with E-state index in [9.17, 15) is 14.4 Å². The van der Waals surface area contributed by atoms with E-state index in [-0.39, 0.29) is 29.4 Å². The fraction of sp³-hybridized carbons (Fsp3) is 0.786. The molecule has 100 valence electrons. The molecule has 2 rings (SSSR count). The van der Waals surface area contributed by atoms with Gasteiger partial charge in [0.1, 0.15) is 5.78 Å². The lowest BCUT2D eigenvalue weighted by molar-refractivity contribution is -0.140. The van der Waals surface area contributed by atoms with Crippen molar-refractivity contribution in [3.8, 4) is 0 Å². The minimum atomic E-state index is -0.147. The van der Waals surface area contributed by atoms with Gasteiger partial charge in [-0.25, -0.2) is 0 Å². The molecule has 0 aromatic heterocycles. The third-order valence-corrected chi connectivity index (χ3v) is 4.33. The molecule has 2 fully saturated rings. The Morgan fingerprint density at radius 2 is 1.83 bits per heavy atom. The number of likely N-dealkylation sites (tertiary alicyclic amines) is 1. The molecule has 1 aliphatic carbocycles. The Kier molecular flexibility index (Phi) is 3.83. The van der Waals surface area contributed by atoms with Gasteiger partial charge in [0.2, 0.25) is 11.8 Å². The van der Waals surface area contributed by atoms with E-state index < -0.39 is 0 Å². The second-order valence-corrected chi connectivity index (χ2v) is 5.78. The summed E-state index contributed by atoms with van der Waals surface area (Å²) in [4.78, 5) is 36.2. The molecule has 1 aliphatic heterocycles. The van der Waals surface area contributed by atoms with Crippen LogP contribution in [0.2, 0.25) is 0 Å². The molecule has 0 spiro atoms. The summed E-state index contributed by atoms with van der Waals surface area (Å²) in [7, 11) is 0. The molecule has 1 heterocycles. The maximum absolute atomic E-state index is 11.8. The Labute approximate surface area is 108 Å². The second kappa shape index (κ2) is 5.21. The van der Waals surface area contributed by atoms with Gasteiger partial charge in [0.15, 0.2) is 0 Å². The van der Waals surface area contributed by atoms with E-state index in [1.165, 1.54) is 4.90 Å². The summed E-state index contributed by atoms with van der Waals surface area (Å²) in [5.41, 5.74) is 0. The van der Waals surface area contributed by atoms with Gasteiger partial charge in [0.05, 0.1) is 0 Å². The Morgan fingerprint density at radius 1 is 1.22 bits per heavy atom. The third kappa shape index (κ3) is 2.62. The number of hydrogen-bond donors (Lipinski definition) is 0. The highest BCUT2D eigenvalue weighted by molar-refractivity contribution is 6.03. The van der Waals surface area contributed by atoms with Crippen LogP contribution in [0, 0.1) is 17.8 Å². The van der Waals surface area contributed by atoms with Crippen LogP contribution in [0.15, 0.2) is 0 Å². The van der Waals surface area contributed by atoms with Crippen LogP contribution in [0.3, 0.4) is 0 Å². The number of Topliss-reactive ketones (excluding diaryl/α,β-unsaturated/α-hetero) is 1. The van der Waals surface area contributed by atoms with Crippen molar-refractivity contribution in [3.63, 3.8) is 0 Å². The summed E-state index contributed by atoms with van der Waals surface area (Å²) in [5, 5.41) is 0. The minimum absolute atomic E-state index is 0.0197. The monoisotopic (exact) mass is 251 g/mol. The van der Waals surface area contributed by atoms with Gasteiger partial charge in [-0.3, -0.25) is 19.3 Å². The first-order valence-corrected chi connectivity index (χ1v) is 6.83. The fourth-order valence-electron chi connectivity index (χ4n) is 3.05. The van der Waals surface area contributed by atoms with Gasteiger partial charge >= 0.3 is 0 Å². The summed E-state index contributed by atoms with van der Waals surface area (Å²) >= 11 is 0. The molecule has 2 amide bonds. The van der Waals surface area contributed by atoms with Crippen molar-refractivity contribution in [2.45, 2.75) is 46.0 Å². The molecule has 0 aromatic rings. The fourth-order valence-corrected chi connectivity index (χ4v) is 3.05. The van der Waals surface area contributed by atoms with Gasteiger partial charge in [-0.2, -0.15) is 0 Å². The van der Waals surface area contributed by atoms with Crippen LogP contribution in [-0.2, 0) is 14.4 Å². The number of carbonyl (C=O) groups excluding carboxylic acids is 3. The molecule has 4 heteroatoms. The molecule has 0 unspecified atom stereocenters. The summed E-state index contributed by atoms with van der Waals surface area (Å²) in [6.45, 7) is 4.03. The topological polar surface area (TPSA) is 54.5 Å². The number of nitrogens with zero attached hydrogens (tertiary/aromatic N) is 1. The van der Waals surface area contributed by atoms with Crippen LogP contribution in [-0.4, -0.2) is 29.0 Å². The number of imide groups is 1. The lowest BCUT2D eigenvalue weighted by Crippen LogP contribution is -2.36. The van der Waals surface area contributed by atoms with E-state index >= 15 is 0 Å². The van der Waals surface area contributed by atoms with Crippen LogP contribution in [0.5, 0.6) is 0 Å². The number of ketones is 1. The largest absolute Gasteiger partial charge is 0.300 e. The molecule has 18 heavy (non-hydrogen) atoms. The van der Waals surface area contributed by atoms with Crippen molar-refractivity contribution in [2.75, 3.05) is 6.54 Å². The summed E-state index contributed by atoms with van der Waals surface area (Å²) in [6, 6.07) is 0. The van der Waals surface area contributed by atoms with E-state index in [4.69, 9.17) is 0 Å². The zero-order valence-electron chi connectivity index (χ0n) is 11.1. The van der Waals surface area contributed by atoms with Gasteiger partial charge in [-0.05, 0) is 38.5 Å². The molecule has 0 aromatic carbocycles. The van der Waals surface area contributed by atoms with Crippen molar-refractivity contribution in [1.29, 1.82) is 0 Å². The zero-order valence-corrected chi connectivity index (χ0v) is 11.1. The first-order chi connectivity index (χ1) is 8.49. The van der Waals surface area contributed by atoms with E-state index in [1.807, 2.05) is 6.92 Å². The predicted molar refractivity (Wildman–Crippen MR) is 66.6 cm³/mol. The van der Waals surface area contributed by atoms with Crippen molar-refractivity contribution in [2.24, 2.45) is 17.8 Å².